The molecule has 0 radical (unpaired) electrons. The third-order valence-corrected chi connectivity index (χ3v) is 7.38. The third kappa shape index (κ3) is 6.18. The quantitative estimate of drug-likeness (QED) is 0.372. The number of rotatable bonds is 5. The zero-order chi connectivity index (χ0) is 31.1. The van der Waals surface area contributed by atoms with Crippen molar-refractivity contribution >= 4 is 23.6 Å². The number of urea groups is 1. The number of halogens is 3. The van der Waals surface area contributed by atoms with Crippen LogP contribution in [0.25, 0.3) is 22.3 Å². The van der Waals surface area contributed by atoms with Gasteiger partial charge in [0.2, 0.25) is 0 Å². The van der Waals surface area contributed by atoms with Crippen molar-refractivity contribution < 1.29 is 32.2 Å². The summed E-state index contributed by atoms with van der Waals surface area (Å²) in [6.45, 7) is 7.87. The summed E-state index contributed by atoms with van der Waals surface area (Å²) >= 11 is 0. The van der Waals surface area contributed by atoms with Gasteiger partial charge in [-0.2, -0.15) is 0 Å². The highest BCUT2D eigenvalue weighted by Crippen LogP contribution is 2.42. The van der Waals surface area contributed by atoms with Crippen LogP contribution in [0, 0.1) is 17.5 Å². The van der Waals surface area contributed by atoms with Crippen molar-refractivity contribution in [2.75, 3.05) is 63.2 Å². The van der Waals surface area contributed by atoms with Crippen LogP contribution in [0.5, 0.6) is 5.75 Å². The van der Waals surface area contributed by atoms with E-state index in [-0.39, 0.29) is 29.5 Å². The highest BCUT2D eigenvalue weighted by atomic mass is 19.1. The van der Waals surface area contributed by atoms with Crippen LogP contribution in [0.4, 0.5) is 34.3 Å². The number of ether oxygens (including phenoxy) is 2. The van der Waals surface area contributed by atoms with Gasteiger partial charge in [-0.25, -0.2) is 27.7 Å². The third-order valence-electron chi connectivity index (χ3n) is 7.38. The van der Waals surface area contributed by atoms with Crippen LogP contribution in [0.15, 0.2) is 42.6 Å². The van der Waals surface area contributed by atoms with E-state index >= 15 is 13.2 Å². The lowest BCUT2D eigenvalue weighted by atomic mass is 9.96. The van der Waals surface area contributed by atoms with Crippen molar-refractivity contribution in [3.8, 4) is 28.0 Å². The first-order valence-electron chi connectivity index (χ1n) is 13.9. The number of aromatic nitrogens is 1. The molecule has 2 aliphatic heterocycles. The molecule has 3 aromatic rings. The van der Waals surface area contributed by atoms with Crippen molar-refractivity contribution in [1.29, 1.82) is 0 Å². The SMILES string of the molecule is COc1c(-c2ccnc(N3CCN(C(=O)OC(C)(C)C)CC3)c2)cc(F)cc1-c1cc(F)c(N2CCN(C)C2=O)c(F)c1. The molecule has 3 heterocycles. The van der Waals surface area contributed by atoms with Gasteiger partial charge in [-0.1, -0.05) is 0 Å². The summed E-state index contributed by atoms with van der Waals surface area (Å²) in [5, 5.41) is 0. The van der Waals surface area contributed by atoms with Gasteiger partial charge in [0.15, 0.2) is 11.6 Å². The fourth-order valence-corrected chi connectivity index (χ4v) is 5.28. The summed E-state index contributed by atoms with van der Waals surface area (Å²) in [5.41, 5.74) is 0.130. The molecule has 1 aromatic heterocycles. The average Bonchev–Trinajstić information content (AvgIpc) is 3.28. The molecule has 2 aromatic carbocycles. The van der Waals surface area contributed by atoms with Crippen LogP contribution in [0.3, 0.4) is 0 Å². The Bertz CT molecular complexity index is 1530. The Morgan fingerprint density at radius 1 is 0.884 bits per heavy atom. The summed E-state index contributed by atoms with van der Waals surface area (Å²) in [6, 6.07) is 7.58. The summed E-state index contributed by atoms with van der Waals surface area (Å²) < 4.78 is 56.8. The van der Waals surface area contributed by atoms with Crippen LogP contribution in [-0.4, -0.2) is 85.9 Å². The van der Waals surface area contributed by atoms with E-state index in [2.05, 4.69) is 4.98 Å². The topological polar surface area (TPSA) is 78.5 Å². The molecule has 0 atom stereocenters. The van der Waals surface area contributed by atoms with Crippen molar-refractivity contribution in [2.45, 2.75) is 26.4 Å². The van der Waals surface area contributed by atoms with Gasteiger partial charge in [0.05, 0.1) is 7.11 Å². The lowest BCUT2D eigenvalue weighted by Crippen LogP contribution is -2.50. The number of benzene rings is 2. The second kappa shape index (κ2) is 11.7. The first kappa shape index (κ1) is 30.0. The number of hydrogen-bond acceptors (Lipinski definition) is 6. The maximum absolute atomic E-state index is 15.3. The Hall–Kier alpha value is -4.48. The largest absolute Gasteiger partial charge is 0.495 e. The Morgan fingerprint density at radius 3 is 2.07 bits per heavy atom. The van der Waals surface area contributed by atoms with E-state index in [1.807, 2.05) is 25.7 Å². The van der Waals surface area contributed by atoms with E-state index in [1.165, 1.54) is 18.1 Å². The first-order valence-corrected chi connectivity index (χ1v) is 13.9. The summed E-state index contributed by atoms with van der Waals surface area (Å²) in [5.74, 6) is -1.67. The lowest BCUT2D eigenvalue weighted by molar-refractivity contribution is 0.0240. The predicted molar refractivity (Wildman–Crippen MR) is 157 cm³/mol. The van der Waals surface area contributed by atoms with E-state index < -0.39 is 34.8 Å². The highest BCUT2D eigenvalue weighted by molar-refractivity contribution is 5.95. The number of pyridine rings is 1. The van der Waals surface area contributed by atoms with Gasteiger partial charge < -0.3 is 24.2 Å². The van der Waals surface area contributed by atoms with Crippen molar-refractivity contribution in [1.82, 2.24) is 14.8 Å². The van der Waals surface area contributed by atoms with Crippen molar-refractivity contribution in [3.63, 3.8) is 0 Å². The summed E-state index contributed by atoms with van der Waals surface area (Å²) in [6.07, 6.45) is 1.22. The van der Waals surface area contributed by atoms with Crippen LogP contribution in [0.1, 0.15) is 20.8 Å². The van der Waals surface area contributed by atoms with Crippen LogP contribution >= 0.6 is 0 Å². The van der Waals surface area contributed by atoms with Gasteiger partial charge in [-0.15, -0.1) is 0 Å². The second-order valence-electron chi connectivity index (χ2n) is 11.5. The Kier molecular flexibility index (Phi) is 8.13. The molecule has 0 aliphatic carbocycles. The molecule has 2 aliphatic rings. The van der Waals surface area contributed by atoms with Crippen LogP contribution in [0.2, 0.25) is 0 Å². The second-order valence-corrected chi connectivity index (χ2v) is 11.5. The number of piperazine rings is 1. The van der Waals surface area contributed by atoms with Crippen LogP contribution < -0.4 is 14.5 Å². The zero-order valence-electron chi connectivity index (χ0n) is 24.8. The van der Waals surface area contributed by atoms with Gasteiger partial charge >= 0.3 is 12.1 Å². The number of carbonyl (C=O) groups excluding carboxylic acids is 2. The Morgan fingerprint density at radius 2 is 1.51 bits per heavy atom. The molecule has 2 fully saturated rings. The molecule has 228 valence electrons. The standard InChI is InChI=1S/C31H34F3N5O4/c1-31(2,3)43-30(41)38-11-9-37(10-12-38)26-16-19(6-7-35-26)22-17-21(32)18-23(28(22)42-5)20-14-24(33)27(25(34)15-20)39-13-8-36(4)29(39)40/h6-7,14-18H,8-13H2,1-5H3. The van der Waals surface area contributed by atoms with Crippen molar-refractivity contribution in [3.05, 3.63) is 60.0 Å². The molecule has 5 rings (SSSR count). The van der Waals surface area contributed by atoms with E-state index in [4.69, 9.17) is 9.47 Å². The average molecular weight is 598 g/mol. The minimum absolute atomic E-state index is 0.0592. The molecular weight excluding hydrogens is 563 g/mol. The number of nitrogens with zero attached hydrogens (tertiary/aromatic N) is 5. The normalized spacial score (nSPS) is 15.8. The molecule has 2 saturated heterocycles. The van der Waals surface area contributed by atoms with Gasteiger partial charge in [-0.05, 0) is 68.3 Å². The smallest absolute Gasteiger partial charge is 0.410 e. The number of amides is 3. The number of carbonyl (C=O) groups is 2. The Labute approximate surface area is 248 Å². The minimum Gasteiger partial charge on any atom is -0.495 e. The van der Waals surface area contributed by atoms with E-state index in [1.54, 1.807) is 30.3 Å². The summed E-state index contributed by atoms with van der Waals surface area (Å²) in [7, 11) is 2.96. The number of anilines is 2. The minimum atomic E-state index is -0.941. The molecule has 12 heteroatoms. The van der Waals surface area contributed by atoms with Crippen LogP contribution in [-0.2, 0) is 4.74 Å². The van der Waals surface area contributed by atoms with Gasteiger partial charge in [-0.3, -0.25) is 4.90 Å². The van der Waals surface area contributed by atoms with Gasteiger partial charge in [0.25, 0.3) is 0 Å². The molecule has 0 N–H and O–H groups in total. The molecule has 0 bridgehead atoms. The fourth-order valence-electron chi connectivity index (χ4n) is 5.28. The number of hydrogen-bond donors (Lipinski definition) is 0. The maximum Gasteiger partial charge on any atom is 0.410 e. The lowest BCUT2D eigenvalue weighted by Gasteiger charge is -2.36. The molecule has 43 heavy (non-hydrogen) atoms. The molecule has 0 saturated carbocycles. The molecular formula is C31H34F3N5O4. The van der Waals surface area contributed by atoms with E-state index in [9.17, 15) is 9.59 Å². The van der Waals surface area contributed by atoms with E-state index in [0.717, 1.165) is 23.1 Å². The monoisotopic (exact) mass is 597 g/mol. The molecule has 9 nitrogen and oxygen atoms in total. The molecule has 0 spiro atoms. The highest BCUT2D eigenvalue weighted by Gasteiger charge is 2.32. The van der Waals surface area contributed by atoms with Gasteiger partial charge in [0.1, 0.15) is 28.7 Å². The van der Waals surface area contributed by atoms with Crippen molar-refractivity contribution in [2.24, 2.45) is 0 Å². The zero-order valence-corrected chi connectivity index (χ0v) is 24.8. The molecule has 3 amide bonds. The van der Waals surface area contributed by atoms with Gasteiger partial charge in [0, 0.05) is 63.6 Å². The number of likely N-dealkylation sites (N-methyl/N-ethyl adjacent to an activating group) is 1. The maximum atomic E-state index is 15.3. The summed E-state index contributed by atoms with van der Waals surface area (Å²) in [4.78, 5) is 35.4. The molecule has 0 unspecified atom stereocenters. The van der Waals surface area contributed by atoms with E-state index in [0.29, 0.717) is 49.7 Å². The number of methoxy groups -OCH3 is 1. The predicted octanol–water partition coefficient (Wildman–Crippen LogP) is 5.77. The Balaban J connectivity index is 1.44. The first-order chi connectivity index (χ1) is 20.4. The fraction of sp³-hybridized carbons (Fsp3) is 0.387.